The van der Waals surface area contributed by atoms with Crippen molar-refractivity contribution >= 4 is 28.1 Å². The molecule has 0 bridgehead atoms. The zero-order chi connectivity index (χ0) is 17.2. The van der Waals surface area contributed by atoms with Crippen molar-refractivity contribution in [2.75, 3.05) is 27.2 Å². The lowest BCUT2D eigenvalue weighted by Gasteiger charge is -2.30. The monoisotopic (exact) mass is 383 g/mol. The lowest BCUT2D eigenvalue weighted by atomic mass is 10.1. The third-order valence-electron chi connectivity index (χ3n) is 3.90. The Hall–Kier alpha value is -1.49. The van der Waals surface area contributed by atoms with Gasteiger partial charge in [0.05, 0.1) is 16.9 Å². The maximum absolute atomic E-state index is 14.0. The van der Waals surface area contributed by atoms with Gasteiger partial charge in [0.2, 0.25) is 15.8 Å². The zero-order valence-corrected chi connectivity index (χ0v) is 14.8. The minimum absolute atomic E-state index is 0. The summed E-state index contributed by atoms with van der Waals surface area (Å²) in [7, 11) is -1.10. The van der Waals surface area contributed by atoms with Crippen LogP contribution in [-0.4, -0.2) is 50.9 Å². The van der Waals surface area contributed by atoms with E-state index in [1.807, 2.05) is 0 Å². The van der Waals surface area contributed by atoms with Crippen LogP contribution in [0.2, 0.25) is 0 Å². The van der Waals surface area contributed by atoms with E-state index in [2.05, 4.69) is 10.1 Å². The molecule has 0 atom stereocenters. The molecular formula is C13H19ClFN3O5S. The molecule has 0 spiro atoms. The summed E-state index contributed by atoms with van der Waals surface area (Å²) in [5, 5.41) is 14.1. The van der Waals surface area contributed by atoms with Gasteiger partial charge in [-0.25, -0.2) is 12.8 Å². The van der Waals surface area contributed by atoms with Crippen LogP contribution in [0.3, 0.4) is 0 Å². The number of benzene rings is 1. The molecule has 11 heteroatoms. The number of hydrogen-bond donors (Lipinski definition) is 1. The second-order valence-corrected chi connectivity index (χ2v) is 7.12. The molecule has 24 heavy (non-hydrogen) atoms. The van der Waals surface area contributed by atoms with Crippen LogP contribution in [0.4, 0.5) is 10.1 Å². The number of nitro groups is 1. The lowest BCUT2D eigenvalue weighted by Crippen LogP contribution is -2.43. The molecule has 1 heterocycles. The summed E-state index contributed by atoms with van der Waals surface area (Å²) >= 11 is 0. The van der Waals surface area contributed by atoms with Crippen molar-refractivity contribution in [2.24, 2.45) is 0 Å². The molecule has 1 aliphatic heterocycles. The van der Waals surface area contributed by atoms with E-state index in [1.54, 1.807) is 7.05 Å². The molecular weight excluding hydrogens is 365 g/mol. The van der Waals surface area contributed by atoms with E-state index in [-0.39, 0.29) is 31.5 Å². The quantitative estimate of drug-likeness (QED) is 0.611. The van der Waals surface area contributed by atoms with Gasteiger partial charge in [-0.15, -0.1) is 12.4 Å². The molecule has 2 rings (SSSR count). The van der Waals surface area contributed by atoms with Crippen LogP contribution in [0, 0.1) is 15.9 Å². The molecule has 0 radical (unpaired) electrons. The van der Waals surface area contributed by atoms with Gasteiger partial charge in [0.15, 0.2) is 5.82 Å². The smallest absolute Gasteiger partial charge is 0.315 e. The fourth-order valence-corrected chi connectivity index (χ4v) is 4.08. The summed E-state index contributed by atoms with van der Waals surface area (Å²) in [4.78, 5) is 9.71. The van der Waals surface area contributed by atoms with Crippen LogP contribution < -0.4 is 10.1 Å². The predicted molar refractivity (Wildman–Crippen MR) is 87.7 cm³/mol. The minimum atomic E-state index is -3.99. The van der Waals surface area contributed by atoms with Crippen LogP contribution in [0.25, 0.3) is 0 Å². The van der Waals surface area contributed by atoms with E-state index in [9.17, 15) is 22.9 Å². The van der Waals surface area contributed by atoms with Gasteiger partial charge in [-0.2, -0.15) is 4.31 Å². The van der Waals surface area contributed by atoms with Gasteiger partial charge in [0.25, 0.3) is 0 Å². The Morgan fingerprint density at radius 3 is 2.42 bits per heavy atom. The third-order valence-corrected chi connectivity index (χ3v) is 5.77. The van der Waals surface area contributed by atoms with Crippen molar-refractivity contribution < 1.29 is 22.5 Å². The molecule has 136 valence electrons. The number of sulfonamides is 1. The van der Waals surface area contributed by atoms with Crippen molar-refractivity contribution in [1.82, 2.24) is 9.62 Å². The Morgan fingerprint density at radius 2 is 1.96 bits per heavy atom. The topological polar surface area (TPSA) is 102 Å². The standard InChI is InChI=1S/C13H18FN3O5S.ClH/c1-15-9-3-5-16(6-4-9)23(20,21)10-7-11(14)13(22-2)12(8-10)17(18)19;/h7-9,15H,3-6H2,1-2H3;1H. The van der Waals surface area contributed by atoms with Crippen molar-refractivity contribution in [3.63, 3.8) is 0 Å². The first kappa shape index (κ1) is 20.6. The zero-order valence-electron chi connectivity index (χ0n) is 13.2. The van der Waals surface area contributed by atoms with Gasteiger partial charge in [-0.05, 0) is 26.0 Å². The Kier molecular flexibility index (Phi) is 6.90. The molecule has 1 aromatic carbocycles. The molecule has 0 amide bonds. The van der Waals surface area contributed by atoms with E-state index in [0.717, 1.165) is 19.2 Å². The molecule has 1 aromatic rings. The SMILES string of the molecule is CNC1CCN(S(=O)(=O)c2cc(F)c(OC)c([N+](=O)[O-])c2)CC1.Cl. The highest BCUT2D eigenvalue weighted by atomic mass is 35.5. The van der Waals surface area contributed by atoms with E-state index in [0.29, 0.717) is 12.8 Å². The molecule has 0 unspecified atom stereocenters. The lowest BCUT2D eigenvalue weighted by molar-refractivity contribution is -0.386. The van der Waals surface area contributed by atoms with Crippen molar-refractivity contribution in [1.29, 1.82) is 0 Å². The number of nitrogens with zero attached hydrogens (tertiary/aromatic N) is 2. The van der Waals surface area contributed by atoms with E-state index in [4.69, 9.17) is 0 Å². The second-order valence-electron chi connectivity index (χ2n) is 5.18. The number of halogens is 2. The molecule has 0 aromatic heterocycles. The van der Waals surface area contributed by atoms with E-state index in [1.165, 1.54) is 4.31 Å². The number of methoxy groups -OCH3 is 1. The molecule has 8 nitrogen and oxygen atoms in total. The number of ether oxygens (including phenoxy) is 1. The molecule has 0 aliphatic carbocycles. The molecule has 1 aliphatic rings. The highest BCUT2D eigenvalue weighted by molar-refractivity contribution is 7.89. The van der Waals surface area contributed by atoms with Gasteiger partial charge < -0.3 is 10.1 Å². The number of rotatable bonds is 5. The van der Waals surface area contributed by atoms with Gasteiger partial charge in [-0.1, -0.05) is 0 Å². The van der Waals surface area contributed by atoms with Crippen LogP contribution in [0.1, 0.15) is 12.8 Å². The summed E-state index contributed by atoms with van der Waals surface area (Å²) in [6, 6.07) is 1.82. The van der Waals surface area contributed by atoms with Gasteiger partial charge in [0, 0.05) is 25.2 Å². The van der Waals surface area contributed by atoms with E-state index >= 15 is 0 Å². The average Bonchev–Trinajstić information content (AvgIpc) is 2.53. The Morgan fingerprint density at radius 1 is 1.38 bits per heavy atom. The summed E-state index contributed by atoms with van der Waals surface area (Å²) < 4.78 is 45.0. The fourth-order valence-electron chi connectivity index (χ4n) is 2.58. The number of piperidine rings is 1. The van der Waals surface area contributed by atoms with Crippen molar-refractivity contribution in [3.05, 3.63) is 28.1 Å². The third kappa shape index (κ3) is 3.94. The van der Waals surface area contributed by atoms with Crippen LogP contribution in [0.5, 0.6) is 5.75 Å². The first-order valence-electron chi connectivity index (χ1n) is 7.00. The average molecular weight is 384 g/mol. The Balaban J connectivity index is 0.00000288. The molecule has 1 N–H and O–H groups in total. The van der Waals surface area contributed by atoms with Crippen LogP contribution >= 0.6 is 12.4 Å². The minimum Gasteiger partial charge on any atom is -0.488 e. The van der Waals surface area contributed by atoms with Crippen molar-refractivity contribution in [2.45, 2.75) is 23.8 Å². The highest BCUT2D eigenvalue weighted by Crippen LogP contribution is 2.34. The highest BCUT2D eigenvalue weighted by Gasteiger charge is 2.32. The summed E-state index contributed by atoms with van der Waals surface area (Å²) in [6.45, 7) is 0.546. The Labute approximate surface area is 145 Å². The van der Waals surface area contributed by atoms with Gasteiger partial charge in [0.1, 0.15) is 0 Å². The van der Waals surface area contributed by atoms with Gasteiger partial charge >= 0.3 is 5.69 Å². The van der Waals surface area contributed by atoms with E-state index < -0.39 is 37.1 Å². The molecule has 0 saturated carbocycles. The number of nitrogens with one attached hydrogen (secondary N) is 1. The maximum atomic E-state index is 14.0. The Bertz CT molecular complexity index is 708. The number of nitro benzene ring substituents is 1. The predicted octanol–water partition coefficient (Wildman–Crippen LogP) is 1.54. The van der Waals surface area contributed by atoms with Crippen LogP contribution in [-0.2, 0) is 10.0 Å². The maximum Gasteiger partial charge on any atom is 0.315 e. The largest absolute Gasteiger partial charge is 0.488 e. The fraction of sp³-hybridized carbons (Fsp3) is 0.538. The van der Waals surface area contributed by atoms with Crippen molar-refractivity contribution in [3.8, 4) is 5.75 Å². The summed E-state index contributed by atoms with van der Waals surface area (Å²) in [5.74, 6) is -1.66. The molecule has 1 saturated heterocycles. The summed E-state index contributed by atoms with van der Waals surface area (Å²) in [5.41, 5.74) is -0.712. The van der Waals surface area contributed by atoms with Crippen LogP contribution in [0.15, 0.2) is 17.0 Å². The van der Waals surface area contributed by atoms with Gasteiger partial charge in [-0.3, -0.25) is 10.1 Å². The first-order valence-corrected chi connectivity index (χ1v) is 8.44. The first-order chi connectivity index (χ1) is 10.8. The summed E-state index contributed by atoms with van der Waals surface area (Å²) in [6.07, 6.45) is 1.24. The second kappa shape index (κ2) is 8.06. The molecule has 1 fully saturated rings. The normalized spacial score (nSPS) is 16.5. The number of hydrogen-bond acceptors (Lipinski definition) is 6.